The molecule has 1 amide bonds. The van der Waals surface area contributed by atoms with Gasteiger partial charge < -0.3 is 5.32 Å². The molecule has 2 aliphatic heterocycles. The number of anilines is 1. The van der Waals surface area contributed by atoms with Crippen molar-refractivity contribution in [2.75, 3.05) is 24.6 Å². The molecular weight excluding hydrogens is 238 g/mol. The van der Waals surface area contributed by atoms with E-state index in [9.17, 15) is 4.79 Å². The Morgan fingerprint density at radius 1 is 1.26 bits per heavy atom. The van der Waals surface area contributed by atoms with Crippen LogP contribution in [0, 0.1) is 5.92 Å². The number of nitrogens with zero attached hydrogens (tertiary/aromatic N) is 1. The summed E-state index contributed by atoms with van der Waals surface area (Å²) in [5.41, 5.74) is 5.37. The number of carbonyl (C=O) groups is 1. The standard InChI is InChI=1S/C15H21N3O/c19-15-6-9-18(17-15)14-3-1-2-13(11-14)10-12-4-7-16-8-5-12/h1-3,11-12,16H,4-10H2,(H,17,19). The highest BCUT2D eigenvalue weighted by Crippen LogP contribution is 2.22. The zero-order chi connectivity index (χ0) is 13.1. The predicted octanol–water partition coefficient (Wildman–Crippen LogP) is 1.47. The Labute approximate surface area is 114 Å². The summed E-state index contributed by atoms with van der Waals surface area (Å²) in [6, 6.07) is 8.57. The lowest BCUT2D eigenvalue weighted by atomic mass is 9.91. The van der Waals surface area contributed by atoms with Gasteiger partial charge in [-0.15, -0.1) is 0 Å². The Morgan fingerprint density at radius 2 is 2.11 bits per heavy atom. The van der Waals surface area contributed by atoms with E-state index in [0.717, 1.165) is 37.7 Å². The van der Waals surface area contributed by atoms with Gasteiger partial charge in [-0.3, -0.25) is 15.2 Å². The summed E-state index contributed by atoms with van der Waals surface area (Å²) in [7, 11) is 0. The fourth-order valence-electron chi connectivity index (χ4n) is 2.94. The number of carbonyl (C=O) groups excluding carboxylic acids is 1. The summed E-state index contributed by atoms with van der Waals surface area (Å²) >= 11 is 0. The van der Waals surface area contributed by atoms with Gasteiger partial charge in [-0.1, -0.05) is 12.1 Å². The number of hydrazine groups is 1. The van der Waals surface area contributed by atoms with Crippen LogP contribution in [0.2, 0.25) is 0 Å². The van der Waals surface area contributed by atoms with Crippen LogP contribution in [0.5, 0.6) is 0 Å². The Bertz CT molecular complexity index is 454. The van der Waals surface area contributed by atoms with Crippen molar-refractivity contribution in [1.29, 1.82) is 0 Å². The molecule has 1 aromatic carbocycles. The number of hydrogen-bond donors (Lipinski definition) is 2. The summed E-state index contributed by atoms with van der Waals surface area (Å²) in [5, 5.41) is 5.36. The van der Waals surface area contributed by atoms with E-state index < -0.39 is 0 Å². The molecule has 0 spiro atoms. The summed E-state index contributed by atoms with van der Waals surface area (Å²) in [6.07, 6.45) is 4.28. The molecule has 2 aliphatic rings. The van der Waals surface area contributed by atoms with E-state index in [1.165, 1.54) is 18.4 Å². The van der Waals surface area contributed by atoms with Crippen molar-refractivity contribution < 1.29 is 4.79 Å². The predicted molar refractivity (Wildman–Crippen MR) is 75.8 cm³/mol. The maximum absolute atomic E-state index is 11.3. The van der Waals surface area contributed by atoms with Gasteiger partial charge in [-0.2, -0.15) is 0 Å². The second kappa shape index (κ2) is 5.61. The van der Waals surface area contributed by atoms with Crippen LogP contribution in [-0.2, 0) is 11.2 Å². The number of amides is 1. The first-order valence-corrected chi connectivity index (χ1v) is 7.18. The maximum Gasteiger partial charge on any atom is 0.240 e. The van der Waals surface area contributed by atoms with Gasteiger partial charge >= 0.3 is 0 Å². The molecule has 2 saturated heterocycles. The molecular formula is C15H21N3O. The van der Waals surface area contributed by atoms with Crippen molar-refractivity contribution in [3.8, 4) is 0 Å². The van der Waals surface area contributed by atoms with E-state index in [0.29, 0.717) is 6.42 Å². The van der Waals surface area contributed by atoms with Crippen LogP contribution in [0.25, 0.3) is 0 Å². The maximum atomic E-state index is 11.3. The third-order valence-corrected chi connectivity index (χ3v) is 4.03. The van der Waals surface area contributed by atoms with Gasteiger partial charge in [0.25, 0.3) is 0 Å². The molecule has 0 radical (unpaired) electrons. The van der Waals surface area contributed by atoms with Crippen LogP contribution in [0.3, 0.4) is 0 Å². The molecule has 19 heavy (non-hydrogen) atoms. The average molecular weight is 259 g/mol. The topological polar surface area (TPSA) is 44.4 Å². The monoisotopic (exact) mass is 259 g/mol. The first-order chi connectivity index (χ1) is 9.31. The van der Waals surface area contributed by atoms with Gasteiger partial charge in [-0.05, 0) is 56.0 Å². The minimum atomic E-state index is 0.115. The molecule has 2 N–H and O–H groups in total. The molecule has 2 heterocycles. The number of rotatable bonds is 3. The van der Waals surface area contributed by atoms with Crippen molar-refractivity contribution in [3.63, 3.8) is 0 Å². The van der Waals surface area contributed by atoms with Gasteiger partial charge in [0.05, 0.1) is 5.69 Å². The van der Waals surface area contributed by atoms with E-state index in [2.05, 4.69) is 35.0 Å². The number of hydrogen-bond acceptors (Lipinski definition) is 3. The van der Waals surface area contributed by atoms with Gasteiger partial charge in [0.15, 0.2) is 0 Å². The first-order valence-electron chi connectivity index (χ1n) is 7.18. The highest BCUT2D eigenvalue weighted by Gasteiger charge is 2.19. The number of nitrogens with one attached hydrogen (secondary N) is 2. The Morgan fingerprint density at radius 3 is 2.84 bits per heavy atom. The molecule has 4 heteroatoms. The van der Waals surface area contributed by atoms with Crippen molar-refractivity contribution >= 4 is 11.6 Å². The lowest BCUT2D eigenvalue weighted by Crippen LogP contribution is -2.33. The summed E-state index contributed by atoms with van der Waals surface area (Å²) in [5.74, 6) is 0.911. The zero-order valence-corrected chi connectivity index (χ0v) is 11.2. The molecule has 2 fully saturated rings. The average Bonchev–Trinajstić information content (AvgIpc) is 2.87. The van der Waals surface area contributed by atoms with E-state index in [1.807, 2.05) is 5.01 Å². The largest absolute Gasteiger partial charge is 0.317 e. The molecule has 3 rings (SSSR count). The molecule has 0 unspecified atom stereocenters. The third kappa shape index (κ3) is 3.07. The second-order valence-corrected chi connectivity index (χ2v) is 5.50. The van der Waals surface area contributed by atoms with Crippen LogP contribution in [0.15, 0.2) is 24.3 Å². The minimum Gasteiger partial charge on any atom is -0.317 e. The SMILES string of the molecule is O=C1CCN(c2cccc(CC3CCNCC3)c2)N1. The fourth-order valence-corrected chi connectivity index (χ4v) is 2.94. The van der Waals surface area contributed by atoms with E-state index >= 15 is 0 Å². The minimum absolute atomic E-state index is 0.115. The van der Waals surface area contributed by atoms with Crippen molar-refractivity contribution in [3.05, 3.63) is 29.8 Å². The Balaban J connectivity index is 1.67. The van der Waals surface area contributed by atoms with Crippen LogP contribution < -0.4 is 15.8 Å². The lowest BCUT2D eigenvalue weighted by molar-refractivity contribution is -0.119. The Hall–Kier alpha value is -1.55. The molecule has 102 valence electrons. The molecule has 0 saturated carbocycles. The highest BCUT2D eigenvalue weighted by molar-refractivity contribution is 5.81. The van der Waals surface area contributed by atoms with Crippen molar-refractivity contribution in [2.45, 2.75) is 25.7 Å². The lowest BCUT2D eigenvalue weighted by Gasteiger charge is -2.23. The molecule has 0 bridgehead atoms. The first kappa shape index (κ1) is 12.5. The second-order valence-electron chi connectivity index (χ2n) is 5.50. The van der Waals surface area contributed by atoms with E-state index in [1.54, 1.807) is 0 Å². The van der Waals surface area contributed by atoms with Gasteiger partial charge in [0, 0.05) is 13.0 Å². The fraction of sp³-hybridized carbons (Fsp3) is 0.533. The molecule has 1 aromatic rings. The smallest absolute Gasteiger partial charge is 0.240 e. The Kier molecular flexibility index (Phi) is 3.69. The summed E-state index contributed by atoms with van der Waals surface area (Å²) < 4.78 is 0. The van der Waals surface area contributed by atoms with Crippen molar-refractivity contribution in [2.24, 2.45) is 5.92 Å². The van der Waals surface area contributed by atoms with Crippen LogP contribution in [0.4, 0.5) is 5.69 Å². The molecule has 0 atom stereocenters. The quantitative estimate of drug-likeness (QED) is 0.864. The summed E-state index contributed by atoms with van der Waals surface area (Å²) in [4.78, 5) is 11.3. The van der Waals surface area contributed by atoms with Gasteiger partial charge in [0.1, 0.15) is 0 Å². The number of piperidine rings is 1. The van der Waals surface area contributed by atoms with Crippen LogP contribution in [-0.4, -0.2) is 25.5 Å². The van der Waals surface area contributed by atoms with Crippen LogP contribution in [0.1, 0.15) is 24.8 Å². The van der Waals surface area contributed by atoms with Gasteiger partial charge in [0.2, 0.25) is 5.91 Å². The molecule has 0 aliphatic carbocycles. The van der Waals surface area contributed by atoms with Crippen molar-refractivity contribution in [1.82, 2.24) is 10.7 Å². The molecule has 0 aromatic heterocycles. The van der Waals surface area contributed by atoms with Gasteiger partial charge in [-0.25, -0.2) is 0 Å². The highest BCUT2D eigenvalue weighted by atomic mass is 16.2. The number of benzene rings is 1. The normalized spacial score (nSPS) is 20.6. The summed E-state index contributed by atoms with van der Waals surface area (Å²) in [6.45, 7) is 3.06. The van der Waals surface area contributed by atoms with E-state index in [-0.39, 0.29) is 5.91 Å². The zero-order valence-electron chi connectivity index (χ0n) is 11.2. The third-order valence-electron chi connectivity index (χ3n) is 4.03. The molecule has 4 nitrogen and oxygen atoms in total. The van der Waals surface area contributed by atoms with Crippen LogP contribution >= 0.6 is 0 Å². The van der Waals surface area contributed by atoms with E-state index in [4.69, 9.17) is 0 Å².